The van der Waals surface area contributed by atoms with Gasteiger partial charge in [0.2, 0.25) is 6.79 Å². The summed E-state index contributed by atoms with van der Waals surface area (Å²) in [5, 5.41) is 3.45. The molecule has 7 rings (SSSR count). The number of nitrogens with zero attached hydrogens (tertiary/aromatic N) is 2. The minimum atomic E-state index is -1.23. The second-order valence-corrected chi connectivity index (χ2v) is 12.6. The van der Waals surface area contributed by atoms with Gasteiger partial charge >= 0.3 is 0 Å². The average Bonchev–Trinajstić information content (AvgIpc) is 3.65. The number of carbonyl (C=O) groups excluding carboxylic acids is 2. The SMILES string of the molecule is CCc1cc2c(cc3n2C[C@@](C(=O)NC2CCCCCC2)(c2ccccc2)N(Cc2ccc4c(c2)OCO4)C3=O)s1. The van der Waals surface area contributed by atoms with Crippen molar-refractivity contribution in [3.63, 3.8) is 0 Å². The summed E-state index contributed by atoms with van der Waals surface area (Å²) >= 11 is 1.72. The molecule has 1 aliphatic carbocycles. The molecule has 41 heavy (non-hydrogen) atoms. The number of amides is 2. The van der Waals surface area contributed by atoms with E-state index in [9.17, 15) is 9.59 Å². The van der Waals surface area contributed by atoms with E-state index in [2.05, 4.69) is 22.9 Å². The molecule has 8 heteroatoms. The van der Waals surface area contributed by atoms with Gasteiger partial charge in [0.25, 0.3) is 11.8 Å². The first-order chi connectivity index (χ1) is 20.1. The fourth-order valence-electron chi connectivity index (χ4n) is 6.68. The summed E-state index contributed by atoms with van der Waals surface area (Å²) in [5.74, 6) is 1.11. The average molecular weight is 570 g/mol. The zero-order valence-corrected chi connectivity index (χ0v) is 24.2. The number of hydrogen-bond donors (Lipinski definition) is 1. The first-order valence-corrected chi connectivity index (χ1v) is 15.6. The van der Waals surface area contributed by atoms with E-state index in [-0.39, 0.29) is 31.2 Å². The van der Waals surface area contributed by atoms with Gasteiger partial charge in [0, 0.05) is 17.5 Å². The summed E-state index contributed by atoms with van der Waals surface area (Å²) in [6.07, 6.45) is 7.50. The highest BCUT2D eigenvalue weighted by atomic mass is 32.1. The monoisotopic (exact) mass is 569 g/mol. The van der Waals surface area contributed by atoms with Crippen molar-refractivity contribution in [2.75, 3.05) is 6.79 Å². The largest absolute Gasteiger partial charge is 0.454 e. The van der Waals surface area contributed by atoms with Crippen LogP contribution >= 0.6 is 11.3 Å². The Morgan fingerprint density at radius 1 is 1.00 bits per heavy atom. The number of thiophene rings is 1. The van der Waals surface area contributed by atoms with Gasteiger partial charge in [0.15, 0.2) is 17.0 Å². The lowest BCUT2D eigenvalue weighted by Gasteiger charge is -2.47. The van der Waals surface area contributed by atoms with Crippen LogP contribution in [-0.4, -0.2) is 34.1 Å². The molecule has 0 bridgehead atoms. The zero-order chi connectivity index (χ0) is 28.0. The molecule has 2 aromatic heterocycles. The maximum atomic E-state index is 14.8. The second kappa shape index (κ2) is 10.6. The molecular weight excluding hydrogens is 534 g/mol. The molecule has 212 valence electrons. The van der Waals surface area contributed by atoms with Crippen LogP contribution in [-0.2, 0) is 29.8 Å². The van der Waals surface area contributed by atoms with Crippen molar-refractivity contribution in [2.24, 2.45) is 0 Å². The molecule has 2 aromatic carbocycles. The fraction of sp³-hybridized carbons (Fsp3) is 0.394. The molecule has 2 aliphatic heterocycles. The Kier molecular flexibility index (Phi) is 6.73. The molecule has 0 saturated heterocycles. The third-order valence-electron chi connectivity index (χ3n) is 8.90. The van der Waals surface area contributed by atoms with E-state index in [1.165, 1.54) is 17.7 Å². The Bertz CT molecular complexity index is 1600. The first kappa shape index (κ1) is 26.1. The number of carbonyl (C=O) groups is 2. The Hall–Kier alpha value is -3.78. The van der Waals surface area contributed by atoms with E-state index in [1.54, 1.807) is 16.2 Å². The van der Waals surface area contributed by atoms with Gasteiger partial charge in [0.05, 0.1) is 16.8 Å². The molecule has 4 heterocycles. The Labute approximate surface area is 244 Å². The zero-order valence-electron chi connectivity index (χ0n) is 23.4. The Morgan fingerprint density at radius 3 is 2.56 bits per heavy atom. The summed E-state index contributed by atoms with van der Waals surface area (Å²) in [6.45, 7) is 2.95. The molecule has 3 aliphatic rings. The molecule has 2 amide bonds. The van der Waals surface area contributed by atoms with Crippen molar-refractivity contribution in [1.29, 1.82) is 0 Å². The third kappa shape index (κ3) is 4.49. The molecule has 1 saturated carbocycles. The standard InChI is InChI=1S/C33H35N3O4S/c1-2-25-17-26-30(41-25)18-27-31(37)36(19-22-14-15-28-29(16-22)40-21-39-28)33(20-35(26)27,23-10-6-5-7-11-23)32(38)34-24-12-8-3-4-9-13-24/h5-7,10-11,14-18,24H,2-4,8-9,12-13,19-21H2,1H3,(H,34,38)/t33-/m0/s1. The van der Waals surface area contributed by atoms with Gasteiger partial charge in [-0.25, -0.2) is 0 Å². The smallest absolute Gasteiger partial charge is 0.272 e. The highest BCUT2D eigenvalue weighted by Gasteiger charge is 2.53. The quantitative estimate of drug-likeness (QED) is 0.273. The van der Waals surface area contributed by atoms with Gasteiger partial charge in [-0.3, -0.25) is 9.59 Å². The number of nitrogens with one attached hydrogen (secondary N) is 1. The molecule has 1 fully saturated rings. The van der Waals surface area contributed by atoms with Gasteiger partial charge in [-0.2, -0.15) is 0 Å². The molecule has 0 radical (unpaired) electrons. The lowest BCUT2D eigenvalue weighted by atomic mass is 9.83. The van der Waals surface area contributed by atoms with Gasteiger partial charge < -0.3 is 24.3 Å². The molecule has 0 unspecified atom stereocenters. The number of rotatable bonds is 6. The van der Waals surface area contributed by atoms with Crippen molar-refractivity contribution in [2.45, 2.75) is 76.5 Å². The minimum Gasteiger partial charge on any atom is -0.454 e. The summed E-state index contributed by atoms with van der Waals surface area (Å²) in [7, 11) is 0. The number of aryl methyl sites for hydroxylation is 1. The van der Waals surface area contributed by atoms with Gasteiger partial charge in [0.1, 0.15) is 5.69 Å². The Balaban J connectivity index is 1.38. The molecule has 4 aromatic rings. The summed E-state index contributed by atoms with van der Waals surface area (Å²) in [4.78, 5) is 32.5. The third-order valence-corrected chi connectivity index (χ3v) is 10.1. The highest BCUT2D eigenvalue weighted by molar-refractivity contribution is 7.19. The van der Waals surface area contributed by atoms with Crippen molar-refractivity contribution < 1.29 is 19.1 Å². The van der Waals surface area contributed by atoms with E-state index in [1.807, 2.05) is 54.6 Å². The van der Waals surface area contributed by atoms with E-state index in [0.29, 0.717) is 23.7 Å². The van der Waals surface area contributed by atoms with E-state index in [0.717, 1.165) is 53.4 Å². The molecule has 0 spiro atoms. The van der Waals surface area contributed by atoms with Crippen LogP contribution in [0.1, 0.15) is 71.9 Å². The normalized spacial score (nSPS) is 20.7. The maximum absolute atomic E-state index is 14.8. The molecular formula is C33H35N3O4S. The molecule has 1 atom stereocenters. The van der Waals surface area contributed by atoms with Gasteiger partial charge in [-0.1, -0.05) is 69.0 Å². The minimum absolute atomic E-state index is 0.104. The van der Waals surface area contributed by atoms with Crippen LogP contribution in [0.15, 0.2) is 60.7 Å². The molecule has 1 N–H and O–H groups in total. The summed E-state index contributed by atoms with van der Waals surface area (Å²) in [5.41, 5.74) is 2.14. The van der Waals surface area contributed by atoms with Crippen molar-refractivity contribution in [1.82, 2.24) is 14.8 Å². The predicted molar refractivity (Wildman–Crippen MR) is 159 cm³/mol. The van der Waals surface area contributed by atoms with Gasteiger partial charge in [-0.05, 0) is 54.7 Å². The maximum Gasteiger partial charge on any atom is 0.272 e. The highest BCUT2D eigenvalue weighted by Crippen LogP contribution is 2.43. The van der Waals surface area contributed by atoms with Crippen LogP contribution in [0, 0.1) is 0 Å². The number of hydrogen-bond acceptors (Lipinski definition) is 5. The van der Waals surface area contributed by atoms with Crippen LogP contribution in [0.5, 0.6) is 11.5 Å². The number of fused-ring (bicyclic) bond motifs is 4. The number of aromatic nitrogens is 1. The van der Waals surface area contributed by atoms with Crippen molar-refractivity contribution in [3.8, 4) is 11.5 Å². The van der Waals surface area contributed by atoms with E-state index in [4.69, 9.17) is 9.47 Å². The van der Waals surface area contributed by atoms with Crippen LogP contribution in [0.3, 0.4) is 0 Å². The van der Waals surface area contributed by atoms with Crippen LogP contribution in [0.25, 0.3) is 10.2 Å². The number of benzene rings is 2. The Morgan fingerprint density at radius 2 is 1.78 bits per heavy atom. The lowest BCUT2D eigenvalue weighted by molar-refractivity contribution is -0.136. The van der Waals surface area contributed by atoms with Crippen molar-refractivity contribution >= 4 is 33.4 Å². The second-order valence-electron chi connectivity index (χ2n) is 11.4. The van der Waals surface area contributed by atoms with E-state index < -0.39 is 5.54 Å². The summed E-state index contributed by atoms with van der Waals surface area (Å²) in [6, 6.07) is 19.9. The van der Waals surface area contributed by atoms with Crippen LogP contribution in [0.2, 0.25) is 0 Å². The van der Waals surface area contributed by atoms with Crippen LogP contribution in [0.4, 0.5) is 0 Å². The predicted octanol–water partition coefficient (Wildman–Crippen LogP) is 6.38. The fourth-order valence-corrected chi connectivity index (χ4v) is 7.73. The molecule has 7 nitrogen and oxygen atoms in total. The van der Waals surface area contributed by atoms with Crippen LogP contribution < -0.4 is 14.8 Å². The summed E-state index contributed by atoms with van der Waals surface area (Å²) < 4.78 is 14.4. The van der Waals surface area contributed by atoms with Gasteiger partial charge in [-0.15, -0.1) is 11.3 Å². The van der Waals surface area contributed by atoms with E-state index >= 15 is 0 Å². The van der Waals surface area contributed by atoms with Crippen molar-refractivity contribution in [3.05, 3.63) is 82.4 Å². The number of ether oxygens (including phenoxy) is 2. The first-order valence-electron chi connectivity index (χ1n) is 14.8. The topological polar surface area (TPSA) is 72.8 Å². The lowest BCUT2D eigenvalue weighted by Crippen LogP contribution is -2.63.